The summed E-state index contributed by atoms with van der Waals surface area (Å²) in [6.07, 6.45) is 6.95. The van der Waals surface area contributed by atoms with Crippen molar-refractivity contribution in [1.82, 2.24) is 0 Å². The summed E-state index contributed by atoms with van der Waals surface area (Å²) in [4.78, 5) is 10.8. The maximum Gasteiger partial charge on any atom is 0.307 e. The predicted molar refractivity (Wildman–Crippen MR) is 43.8 cm³/mol. The molecule has 0 amide bonds. The minimum Gasteiger partial charge on any atom is -0.469 e. The third kappa shape index (κ3) is 2.90. The average Bonchev–Trinajstić information content (AvgIpc) is 2.04. The third-order valence-electron chi connectivity index (χ3n) is 1.52. The first kappa shape index (κ1) is 9.77. The number of hydrogen-bond acceptors (Lipinski definition) is 2. The first-order valence-electron chi connectivity index (χ1n) is 3.26. The SMILES string of the molecule is C#CC(C)(C=C)CC(=O)OC. The molecule has 0 spiro atoms. The van der Waals surface area contributed by atoms with Gasteiger partial charge in [0.15, 0.2) is 0 Å². The van der Waals surface area contributed by atoms with Crippen LogP contribution in [0.2, 0.25) is 0 Å². The van der Waals surface area contributed by atoms with Crippen molar-refractivity contribution in [2.45, 2.75) is 13.3 Å². The summed E-state index contributed by atoms with van der Waals surface area (Å²) < 4.78 is 4.47. The standard InChI is InChI=1S/C9H12O2/c1-5-9(3,6-2)7-8(10)11-4/h1,6H,2,7H2,3-4H3. The van der Waals surface area contributed by atoms with Crippen molar-refractivity contribution in [1.29, 1.82) is 0 Å². The molecule has 0 saturated carbocycles. The zero-order valence-corrected chi connectivity index (χ0v) is 6.89. The molecule has 0 aliphatic heterocycles. The first-order valence-corrected chi connectivity index (χ1v) is 3.26. The van der Waals surface area contributed by atoms with Crippen molar-refractivity contribution in [2.24, 2.45) is 5.41 Å². The van der Waals surface area contributed by atoms with Gasteiger partial charge in [-0.15, -0.1) is 13.0 Å². The molecule has 0 aromatic carbocycles. The van der Waals surface area contributed by atoms with E-state index in [0.717, 1.165) is 0 Å². The third-order valence-corrected chi connectivity index (χ3v) is 1.52. The number of methoxy groups -OCH3 is 1. The van der Waals surface area contributed by atoms with Crippen molar-refractivity contribution in [3.63, 3.8) is 0 Å². The minimum atomic E-state index is -0.576. The number of ether oxygens (including phenoxy) is 1. The molecule has 0 aliphatic carbocycles. The highest BCUT2D eigenvalue weighted by Gasteiger charge is 2.21. The highest BCUT2D eigenvalue weighted by Crippen LogP contribution is 2.21. The van der Waals surface area contributed by atoms with Crippen LogP contribution in [0.4, 0.5) is 0 Å². The van der Waals surface area contributed by atoms with E-state index >= 15 is 0 Å². The molecular weight excluding hydrogens is 140 g/mol. The maximum atomic E-state index is 10.8. The molecule has 1 unspecified atom stereocenters. The Morgan fingerprint density at radius 2 is 2.45 bits per heavy atom. The lowest BCUT2D eigenvalue weighted by Gasteiger charge is -2.15. The van der Waals surface area contributed by atoms with Gasteiger partial charge in [-0.25, -0.2) is 0 Å². The molecule has 0 bridgehead atoms. The van der Waals surface area contributed by atoms with Crippen molar-refractivity contribution in [2.75, 3.05) is 7.11 Å². The molecule has 0 fully saturated rings. The minimum absolute atomic E-state index is 0.184. The Morgan fingerprint density at radius 3 is 2.73 bits per heavy atom. The summed E-state index contributed by atoms with van der Waals surface area (Å²) in [5.74, 6) is 2.16. The van der Waals surface area contributed by atoms with Crippen LogP contribution in [0, 0.1) is 17.8 Å². The molecule has 0 heterocycles. The number of carbonyl (C=O) groups is 1. The fourth-order valence-electron chi connectivity index (χ4n) is 0.554. The molecule has 0 saturated heterocycles. The van der Waals surface area contributed by atoms with E-state index in [4.69, 9.17) is 6.42 Å². The molecule has 2 heteroatoms. The lowest BCUT2D eigenvalue weighted by Crippen LogP contribution is -2.16. The Hall–Kier alpha value is -1.23. The van der Waals surface area contributed by atoms with Gasteiger partial charge >= 0.3 is 5.97 Å². The number of carbonyl (C=O) groups excluding carboxylic acids is 1. The van der Waals surface area contributed by atoms with Crippen LogP contribution in [-0.4, -0.2) is 13.1 Å². The summed E-state index contributed by atoms with van der Waals surface area (Å²) in [5.41, 5.74) is -0.576. The molecule has 0 aromatic heterocycles. The predicted octanol–water partition coefficient (Wildman–Crippen LogP) is 1.38. The summed E-state index contributed by atoms with van der Waals surface area (Å²) in [6.45, 7) is 5.30. The van der Waals surface area contributed by atoms with Crippen LogP contribution in [0.25, 0.3) is 0 Å². The Kier molecular flexibility index (Phi) is 3.39. The number of rotatable bonds is 3. The van der Waals surface area contributed by atoms with Crippen molar-refractivity contribution >= 4 is 5.97 Å². The van der Waals surface area contributed by atoms with Crippen LogP contribution in [-0.2, 0) is 9.53 Å². The second kappa shape index (κ2) is 3.82. The molecule has 0 aliphatic rings. The molecule has 0 N–H and O–H groups in total. The number of allylic oxidation sites excluding steroid dienone is 1. The first-order chi connectivity index (χ1) is 5.08. The zero-order valence-electron chi connectivity index (χ0n) is 6.89. The molecule has 0 aromatic rings. The highest BCUT2D eigenvalue weighted by molar-refractivity contribution is 5.71. The number of terminal acetylenes is 1. The second-order valence-corrected chi connectivity index (χ2v) is 2.52. The van der Waals surface area contributed by atoms with Gasteiger partial charge in [-0.3, -0.25) is 4.79 Å². The van der Waals surface area contributed by atoms with Gasteiger partial charge in [-0.05, 0) is 6.92 Å². The number of esters is 1. The van der Waals surface area contributed by atoms with E-state index in [1.807, 2.05) is 0 Å². The van der Waals surface area contributed by atoms with Gasteiger partial charge in [-0.1, -0.05) is 12.0 Å². The van der Waals surface area contributed by atoms with E-state index in [2.05, 4.69) is 17.2 Å². The smallest absolute Gasteiger partial charge is 0.307 e. The van der Waals surface area contributed by atoms with Crippen LogP contribution in [0.15, 0.2) is 12.7 Å². The maximum absolute atomic E-state index is 10.8. The van der Waals surface area contributed by atoms with Gasteiger partial charge in [-0.2, -0.15) is 0 Å². The summed E-state index contributed by atoms with van der Waals surface area (Å²) in [6, 6.07) is 0. The van der Waals surface area contributed by atoms with E-state index in [-0.39, 0.29) is 12.4 Å². The van der Waals surface area contributed by atoms with E-state index in [1.54, 1.807) is 13.0 Å². The molecular formula is C9H12O2. The van der Waals surface area contributed by atoms with E-state index in [9.17, 15) is 4.79 Å². The lowest BCUT2D eigenvalue weighted by molar-refractivity contribution is -0.141. The van der Waals surface area contributed by atoms with E-state index < -0.39 is 5.41 Å². The Balaban J connectivity index is 4.22. The fourth-order valence-corrected chi connectivity index (χ4v) is 0.554. The van der Waals surface area contributed by atoms with Gasteiger partial charge < -0.3 is 4.74 Å². The van der Waals surface area contributed by atoms with Gasteiger partial charge in [0, 0.05) is 0 Å². The van der Waals surface area contributed by atoms with Crippen molar-refractivity contribution in [3.05, 3.63) is 12.7 Å². The monoisotopic (exact) mass is 152 g/mol. The van der Waals surface area contributed by atoms with Crippen LogP contribution in [0.1, 0.15) is 13.3 Å². The quantitative estimate of drug-likeness (QED) is 0.347. The topological polar surface area (TPSA) is 26.3 Å². The van der Waals surface area contributed by atoms with Crippen molar-refractivity contribution < 1.29 is 9.53 Å². The molecule has 0 rings (SSSR count). The van der Waals surface area contributed by atoms with Gasteiger partial charge in [0.25, 0.3) is 0 Å². The highest BCUT2D eigenvalue weighted by atomic mass is 16.5. The molecule has 1 atom stereocenters. The Labute approximate surface area is 67.2 Å². The molecule has 11 heavy (non-hydrogen) atoms. The Bertz CT molecular complexity index is 200. The molecule has 0 radical (unpaired) electrons. The van der Waals surface area contributed by atoms with E-state index in [1.165, 1.54) is 7.11 Å². The second-order valence-electron chi connectivity index (χ2n) is 2.52. The lowest BCUT2D eigenvalue weighted by atomic mass is 9.88. The zero-order chi connectivity index (χ0) is 8.91. The molecule has 60 valence electrons. The van der Waals surface area contributed by atoms with E-state index in [0.29, 0.717) is 0 Å². The van der Waals surface area contributed by atoms with Crippen LogP contribution >= 0.6 is 0 Å². The summed E-state index contributed by atoms with van der Waals surface area (Å²) >= 11 is 0. The molecule has 2 nitrogen and oxygen atoms in total. The van der Waals surface area contributed by atoms with Gasteiger partial charge in [0.05, 0.1) is 18.9 Å². The fraction of sp³-hybridized carbons (Fsp3) is 0.444. The van der Waals surface area contributed by atoms with Crippen LogP contribution < -0.4 is 0 Å². The summed E-state index contributed by atoms with van der Waals surface area (Å²) in [5, 5.41) is 0. The van der Waals surface area contributed by atoms with Gasteiger partial charge in [0.2, 0.25) is 0 Å². The summed E-state index contributed by atoms with van der Waals surface area (Å²) in [7, 11) is 1.34. The Morgan fingerprint density at radius 1 is 1.91 bits per heavy atom. The normalized spacial score (nSPS) is 14.3. The average molecular weight is 152 g/mol. The largest absolute Gasteiger partial charge is 0.469 e. The van der Waals surface area contributed by atoms with Crippen LogP contribution in [0.3, 0.4) is 0 Å². The van der Waals surface area contributed by atoms with Crippen LogP contribution in [0.5, 0.6) is 0 Å². The number of hydrogen-bond donors (Lipinski definition) is 0. The van der Waals surface area contributed by atoms with Crippen molar-refractivity contribution in [3.8, 4) is 12.3 Å². The van der Waals surface area contributed by atoms with Gasteiger partial charge in [0.1, 0.15) is 0 Å².